The normalized spacial score (nSPS) is 19.5. The Morgan fingerprint density at radius 1 is 0.968 bits per heavy atom. The Morgan fingerprint density at radius 3 is 2.39 bits per heavy atom. The number of piperidine rings is 1. The van der Waals surface area contributed by atoms with Gasteiger partial charge in [-0.3, -0.25) is 14.7 Å². The van der Waals surface area contributed by atoms with Gasteiger partial charge in [-0.15, -0.1) is 0 Å². The molecule has 0 amide bonds. The lowest BCUT2D eigenvalue weighted by molar-refractivity contribution is 0.196. The van der Waals surface area contributed by atoms with Crippen LogP contribution in [0.5, 0.6) is 17.2 Å². The molecule has 8 nitrogen and oxygen atoms in total. The maximum atomic E-state index is 12.3. The average Bonchev–Trinajstić information content (AvgIpc) is 3.33. The Morgan fingerprint density at radius 2 is 1.68 bits per heavy atom. The second-order valence-electron chi connectivity index (χ2n) is 8.28. The van der Waals surface area contributed by atoms with Gasteiger partial charge in [-0.2, -0.15) is 0 Å². The van der Waals surface area contributed by atoms with Gasteiger partial charge in [0, 0.05) is 49.8 Å². The fourth-order valence-corrected chi connectivity index (χ4v) is 4.65. The third kappa shape index (κ3) is 4.79. The Kier molecular flexibility index (Phi) is 6.65. The number of benzene rings is 1. The summed E-state index contributed by atoms with van der Waals surface area (Å²) < 4.78 is 16.5. The third-order valence-corrected chi connectivity index (χ3v) is 6.26. The summed E-state index contributed by atoms with van der Waals surface area (Å²) in [5.41, 5.74) is 1.89. The van der Waals surface area contributed by atoms with Crippen LogP contribution >= 0.6 is 0 Å². The third-order valence-electron chi connectivity index (χ3n) is 6.26. The molecule has 1 atom stereocenters. The summed E-state index contributed by atoms with van der Waals surface area (Å²) >= 11 is 0. The number of aromatic nitrogens is 2. The predicted octanol–water partition coefficient (Wildman–Crippen LogP) is 2.78. The smallest absolute Gasteiger partial charge is 0.252 e. The molecule has 0 bridgehead atoms. The minimum Gasteiger partial charge on any atom is -0.496 e. The summed E-state index contributed by atoms with van der Waals surface area (Å²) in [5, 5.41) is 0. The molecule has 0 saturated carbocycles. The zero-order valence-corrected chi connectivity index (χ0v) is 18.6. The molecule has 0 aliphatic carbocycles. The van der Waals surface area contributed by atoms with E-state index in [9.17, 15) is 4.79 Å². The lowest BCUT2D eigenvalue weighted by Crippen LogP contribution is -2.35. The van der Waals surface area contributed by atoms with Crippen molar-refractivity contribution < 1.29 is 14.2 Å². The molecule has 1 aromatic heterocycles. The van der Waals surface area contributed by atoms with Crippen molar-refractivity contribution in [3.8, 4) is 17.2 Å². The number of hydrogen-bond acceptors (Lipinski definition) is 7. The highest BCUT2D eigenvalue weighted by Crippen LogP contribution is 2.36. The van der Waals surface area contributed by atoms with Gasteiger partial charge in [-0.1, -0.05) is 0 Å². The van der Waals surface area contributed by atoms with Gasteiger partial charge in [0.1, 0.15) is 5.75 Å². The molecule has 0 radical (unpaired) electrons. The number of nitrogens with one attached hydrogen (secondary N) is 1. The van der Waals surface area contributed by atoms with Crippen LogP contribution in [0.4, 0.5) is 5.95 Å². The van der Waals surface area contributed by atoms with Crippen molar-refractivity contribution in [2.75, 3.05) is 52.4 Å². The first-order valence-corrected chi connectivity index (χ1v) is 11.0. The quantitative estimate of drug-likeness (QED) is 0.726. The monoisotopic (exact) mass is 428 g/mol. The van der Waals surface area contributed by atoms with E-state index in [-0.39, 0.29) is 11.5 Å². The van der Waals surface area contributed by atoms with Crippen molar-refractivity contribution in [1.82, 2.24) is 14.9 Å². The molecule has 3 heterocycles. The average molecular weight is 429 g/mol. The van der Waals surface area contributed by atoms with Crippen molar-refractivity contribution in [2.24, 2.45) is 0 Å². The molecule has 0 spiro atoms. The minimum absolute atomic E-state index is 0.0643. The maximum Gasteiger partial charge on any atom is 0.252 e. The van der Waals surface area contributed by atoms with Crippen LogP contribution in [-0.2, 0) is 6.54 Å². The van der Waals surface area contributed by atoms with Gasteiger partial charge < -0.3 is 19.1 Å². The molecule has 1 aromatic carbocycles. The van der Waals surface area contributed by atoms with Gasteiger partial charge in [0.25, 0.3) is 5.56 Å². The summed E-state index contributed by atoms with van der Waals surface area (Å²) in [5.74, 6) is 3.09. The predicted molar refractivity (Wildman–Crippen MR) is 120 cm³/mol. The number of methoxy groups -OCH3 is 3. The molecule has 8 heteroatoms. The molecule has 31 heavy (non-hydrogen) atoms. The number of anilines is 1. The van der Waals surface area contributed by atoms with Gasteiger partial charge in [0.15, 0.2) is 11.5 Å². The van der Waals surface area contributed by atoms with E-state index < -0.39 is 0 Å². The van der Waals surface area contributed by atoms with E-state index in [1.807, 2.05) is 12.1 Å². The molecule has 2 saturated heterocycles. The van der Waals surface area contributed by atoms with Crippen molar-refractivity contribution in [3.63, 3.8) is 0 Å². The van der Waals surface area contributed by atoms with E-state index in [0.717, 1.165) is 81.4 Å². The summed E-state index contributed by atoms with van der Waals surface area (Å²) in [6.07, 6.45) is 4.40. The second kappa shape index (κ2) is 9.60. The van der Waals surface area contributed by atoms with E-state index in [4.69, 9.17) is 19.2 Å². The maximum absolute atomic E-state index is 12.3. The van der Waals surface area contributed by atoms with Gasteiger partial charge in [-0.05, 0) is 38.3 Å². The first kappa shape index (κ1) is 21.5. The molecular weight excluding hydrogens is 396 g/mol. The van der Waals surface area contributed by atoms with Crippen molar-refractivity contribution >= 4 is 5.95 Å². The van der Waals surface area contributed by atoms with Gasteiger partial charge in [0.2, 0.25) is 5.95 Å². The van der Waals surface area contributed by atoms with Gasteiger partial charge >= 0.3 is 0 Å². The van der Waals surface area contributed by atoms with Crippen molar-refractivity contribution in [3.05, 3.63) is 39.8 Å². The van der Waals surface area contributed by atoms with E-state index in [1.54, 1.807) is 27.4 Å². The molecule has 2 aliphatic heterocycles. The number of likely N-dealkylation sites (tertiary alicyclic amines) is 1. The number of ether oxygens (including phenoxy) is 3. The van der Waals surface area contributed by atoms with E-state index in [1.165, 1.54) is 0 Å². The van der Waals surface area contributed by atoms with E-state index in [0.29, 0.717) is 11.5 Å². The molecule has 2 aromatic rings. The summed E-state index contributed by atoms with van der Waals surface area (Å²) in [7, 11) is 4.93. The Bertz CT molecular complexity index is 955. The first-order valence-electron chi connectivity index (χ1n) is 11.0. The van der Waals surface area contributed by atoms with Crippen LogP contribution in [0.15, 0.2) is 23.0 Å². The van der Waals surface area contributed by atoms with Crippen LogP contribution in [0.3, 0.4) is 0 Å². The number of H-pyrrole nitrogens is 1. The zero-order valence-electron chi connectivity index (χ0n) is 18.6. The molecule has 1 unspecified atom stereocenters. The van der Waals surface area contributed by atoms with Crippen LogP contribution in [0.2, 0.25) is 0 Å². The zero-order chi connectivity index (χ0) is 21.8. The lowest BCUT2D eigenvalue weighted by atomic mass is 9.94. The van der Waals surface area contributed by atoms with Crippen LogP contribution in [0.25, 0.3) is 0 Å². The van der Waals surface area contributed by atoms with E-state index in [2.05, 4.69) is 14.8 Å². The summed E-state index contributed by atoms with van der Waals surface area (Å²) in [6, 6.07) is 5.53. The van der Waals surface area contributed by atoms with Gasteiger partial charge in [0.05, 0.1) is 27.0 Å². The summed E-state index contributed by atoms with van der Waals surface area (Å²) in [6.45, 7) is 4.51. The molecule has 168 valence electrons. The standard InChI is InChI=1S/C23H32N4O4/c1-29-19-13-21(31-3)20(30-2)11-17(19)15-26-8-6-7-16(14-26)18-12-22(28)25-23(24-18)27-9-4-5-10-27/h11-13,16H,4-10,14-15H2,1-3H3,(H,24,25,28). The van der Waals surface area contributed by atoms with Crippen molar-refractivity contribution in [1.29, 1.82) is 0 Å². The van der Waals surface area contributed by atoms with Crippen LogP contribution in [0.1, 0.15) is 42.9 Å². The highest BCUT2D eigenvalue weighted by molar-refractivity contribution is 5.50. The second-order valence-corrected chi connectivity index (χ2v) is 8.28. The Balaban J connectivity index is 1.53. The molecule has 4 rings (SSSR count). The molecule has 1 N–H and O–H groups in total. The number of hydrogen-bond donors (Lipinski definition) is 1. The first-order chi connectivity index (χ1) is 15.1. The van der Waals surface area contributed by atoms with Crippen LogP contribution in [-0.4, -0.2) is 62.4 Å². The van der Waals surface area contributed by atoms with Gasteiger partial charge in [-0.25, -0.2) is 4.98 Å². The molecular formula is C23H32N4O4. The SMILES string of the molecule is COc1cc(OC)c(OC)cc1CN1CCCC(c2cc(=O)[nH]c(N3CCCC3)n2)C1. The Hall–Kier alpha value is -2.74. The fourth-order valence-electron chi connectivity index (χ4n) is 4.65. The highest BCUT2D eigenvalue weighted by Gasteiger charge is 2.25. The van der Waals surface area contributed by atoms with Crippen LogP contribution in [0, 0.1) is 0 Å². The highest BCUT2D eigenvalue weighted by atomic mass is 16.5. The largest absolute Gasteiger partial charge is 0.496 e. The fraction of sp³-hybridized carbons (Fsp3) is 0.565. The Labute approximate surface area is 183 Å². The molecule has 2 fully saturated rings. The number of rotatable bonds is 7. The number of aromatic amines is 1. The van der Waals surface area contributed by atoms with Crippen LogP contribution < -0.4 is 24.7 Å². The lowest BCUT2D eigenvalue weighted by Gasteiger charge is -2.33. The number of nitrogens with zero attached hydrogens (tertiary/aromatic N) is 3. The van der Waals surface area contributed by atoms with Crippen molar-refractivity contribution in [2.45, 2.75) is 38.1 Å². The van der Waals surface area contributed by atoms with E-state index >= 15 is 0 Å². The summed E-state index contributed by atoms with van der Waals surface area (Å²) in [4.78, 5) is 24.7. The molecule has 2 aliphatic rings. The minimum atomic E-state index is -0.0643. The topological polar surface area (TPSA) is 79.9 Å².